The molecule has 0 saturated heterocycles. The van der Waals surface area contributed by atoms with E-state index in [0.29, 0.717) is 39.0 Å². The van der Waals surface area contributed by atoms with Crippen LogP contribution in [0.15, 0.2) is 63.8 Å². The Morgan fingerprint density at radius 2 is 1.89 bits per heavy atom. The van der Waals surface area contributed by atoms with Gasteiger partial charge in [-0.25, -0.2) is 4.79 Å². The van der Waals surface area contributed by atoms with Crippen molar-refractivity contribution in [3.8, 4) is 28.2 Å². The highest BCUT2D eigenvalue weighted by atomic mass is 16.5. The second-order valence-electron chi connectivity index (χ2n) is 6.42. The molecule has 6 heteroatoms. The van der Waals surface area contributed by atoms with Gasteiger partial charge in [-0.15, -0.1) is 0 Å². The Bertz CT molecular complexity index is 1240. The highest BCUT2D eigenvalue weighted by Gasteiger charge is 2.23. The van der Waals surface area contributed by atoms with Crippen molar-refractivity contribution >= 4 is 22.6 Å². The van der Waals surface area contributed by atoms with E-state index in [2.05, 4.69) is 5.73 Å². The number of phenols is 1. The van der Waals surface area contributed by atoms with Gasteiger partial charge in [-0.05, 0) is 43.3 Å². The first-order valence-corrected chi connectivity index (χ1v) is 8.81. The number of esters is 1. The Hall–Kier alpha value is -3.64. The summed E-state index contributed by atoms with van der Waals surface area (Å²) >= 11 is 0. The zero-order chi connectivity index (χ0) is 19.8. The van der Waals surface area contributed by atoms with Crippen LogP contribution in [-0.4, -0.2) is 17.7 Å². The molecule has 0 unspecified atom stereocenters. The monoisotopic (exact) mass is 376 g/mol. The summed E-state index contributed by atoms with van der Waals surface area (Å²) in [6.07, 6.45) is 0. The van der Waals surface area contributed by atoms with Crippen LogP contribution >= 0.6 is 0 Å². The Labute approximate surface area is 160 Å². The highest BCUT2D eigenvalue weighted by Crippen LogP contribution is 2.42. The van der Waals surface area contributed by atoms with E-state index in [1.165, 1.54) is 18.2 Å². The van der Waals surface area contributed by atoms with Crippen LogP contribution in [0.4, 0.5) is 5.69 Å². The summed E-state index contributed by atoms with van der Waals surface area (Å²) in [5.74, 6) is -0.0416. The van der Waals surface area contributed by atoms with Gasteiger partial charge in [0.2, 0.25) is 0 Å². The lowest BCUT2D eigenvalue weighted by Gasteiger charge is -2.17. The number of benzene rings is 3. The van der Waals surface area contributed by atoms with Crippen molar-refractivity contribution < 1.29 is 24.8 Å². The molecule has 1 heterocycles. The van der Waals surface area contributed by atoms with Crippen molar-refractivity contribution in [2.24, 2.45) is 0 Å². The molecule has 0 spiro atoms. The van der Waals surface area contributed by atoms with E-state index in [0.717, 1.165) is 5.69 Å². The minimum Gasteiger partial charge on any atom is -0.508 e. The molecule has 0 radical (unpaired) electrons. The first-order valence-electron chi connectivity index (χ1n) is 8.81. The summed E-state index contributed by atoms with van der Waals surface area (Å²) in [6.45, 7) is 2.00. The number of fused-ring (bicyclic) bond motifs is 2. The Morgan fingerprint density at radius 3 is 2.68 bits per heavy atom. The fourth-order valence-electron chi connectivity index (χ4n) is 3.33. The van der Waals surface area contributed by atoms with Gasteiger partial charge in [0.25, 0.3) is 0 Å². The van der Waals surface area contributed by atoms with Crippen LogP contribution in [0.5, 0.6) is 5.75 Å². The average Bonchev–Trinajstić information content (AvgIpc) is 2.66. The molecule has 28 heavy (non-hydrogen) atoms. The maximum absolute atomic E-state index is 12.6. The van der Waals surface area contributed by atoms with Crippen molar-refractivity contribution in [3.63, 3.8) is 0 Å². The standard InChI is InChI=1S/C22H17NO5/c1-2-27-22(26)15-6-3-12(23)9-18(15)21-16-7-4-13(24)10-19(16)28-20-11-14(25)5-8-17(20)21/h3-11,24H,2,23H2,1H3/p+1. The van der Waals surface area contributed by atoms with E-state index in [1.54, 1.807) is 43.3 Å². The van der Waals surface area contributed by atoms with Crippen molar-refractivity contribution in [2.45, 2.75) is 6.92 Å². The molecule has 2 aromatic carbocycles. The van der Waals surface area contributed by atoms with E-state index in [4.69, 9.17) is 9.15 Å². The van der Waals surface area contributed by atoms with Gasteiger partial charge < -0.3 is 20.0 Å². The largest absolute Gasteiger partial charge is 0.508 e. The maximum atomic E-state index is 12.6. The lowest BCUT2D eigenvalue weighted by atomic mass is 9.90. The zero-order valence-electron chi connectivity index (χ0n) is 15.2. The third-order valence-electron chi connectivity index (χ3n) is 4.53. The molecule has 4 rings (SSSR count). The van der Waals surface area contributed by atoms with Crippen molar-refractivity contribution in [3.05, 3.63) is 70.4 Å². The molecule has 2 aliphatic rings. The topological polar surface area (TPSA) is 104 Å². The maximum Gasteiger partial charge on any atom is 0.338 e. The minimum atomic E-state index is -0.446. The van der Waals surface area contributed by atoms with Gasteiger partial charge in [0.05, 0.1) is 12.2 Å². The molecule has 6 nitrogen and oxygen atoms in total. The zero-order valence-corrected chi connectivity index (χ0v) is 15.2. The number of hydrogen-bond donors (Lipinski definition) is 2. The molecule has 0 aromatic heterocycles. The second-order valence-corrected chi connectivity index (χ2v) is 6.42. The smallest absolute Gasteiger partial charge is 0.338 e. The van der Waals surface area contributed by atoms with Gasteiger partial charge in [0.1, 0.15) is 22.8 Å². The normalized spacial score (nSPS) is 11.1. The van der Waals surface area contributed by atoms with Crippen LogP contribution in [0.3, 0.4) is 0 Å². The molecule has 0 atom stereocenters. The van der Waals surface area contributed by atoms with Crippen LogP contribution in [0.2, 0.25) is 0 Å². The number of carbonyl (C=O) groups is 1. The Morgan fingerprint density at radius 1 is 1.07 bits per heavy atom. The van der Waals surface area contributed by atoms with E-state index < -0.39 is 5.97 Å². The number of phenolic OH excluding ortho intramolecular Hbond substituents is 1. The first kappa shape index (κ1) is 17.8. The molecule has 1 aliphatic heterocycles. The number of carbonyl (C=O) groups excluding carboxylic acids is 1. The predicted octanol–water partition coefficient (Wildman–Crippen LogP) is 3.32. The number of ether oxygens (including phenoxy) is 1. The molecular formula is C22H18NO5+. The van der Waals surface area contributed by atoms with Gasteiger partial charge in [-0.1, -0.05) is 0 Å². The van der Waals surface area contributed by atoms with Crippen molar-refractivity contribution in [2.75, 3.05) is 6.61 Å². The molecule has 0 saturated carbocycles. The molecule has 1 aliphatic carbocycles. The quantitative estimate of drug-likeness (QED) is 0.422. The van der Waals surface area contributed by atoms with Gasteiger partial charge in [0, 0.05) is 40.3 Å². The van der Waals surface area contributed by atoms with E-state index >= 15 is 0 Å². The van der Waals surface area contributed by atoms with Crippen LogP contribution in [0.1, 0.15) is 17.3 Å². The van der Waals surface area contributed by atoms with E-state index in [9.17, 15) is 14.7 Å². The first-order chi connectivity index (χ1) is 13.5. The molecular weight excluding hydrogens is 358 g/mol. The summed E-state index contributed by atoms with van der Waals surface area (Å²) in [5.41, 5.74) is 7.31. The number of rotatable bonds is 3. The molecule has 4 N–H and O–H groups in total. The summed E-state index contributed by atoms with van der Waals surface area (Å²) in [7, 11) is 0. The average molecular weight is 376 g/mol. The lowest BCUT2D eigenvalue weighted by Crippen LogP contribution is -2.40. The van der Waals surface area contributed by atoms with Gasteiger partial charge >= 0.3 is 5.97 Å². The Balaban J connectivity index is 2.15. The lowest BCUT2D eigenvalue weighted by molar-refractivity contribution is -0.254. The van der Waals surface area contributed by atoms with Crippen LogP contribution in [0, 0.1) is 0 Å². The van der Waals surface area contributed by atoms with Gasteiger partial charge in [-0.3, -0.25) is 4.79 Å². The number of quaternary nitrogens is 1. The predicted molar refractivity (Wildman–Crippen MR) is 105 cm³/mol. The number of aromatic hydroxyl groups is 1. The third-order valence-corrected chi connectivity index (χ3v) is 4.53. The third kappa shape index (κ3) is 3.00. The molecule has 0 amide bonds. The van der Waals surface area contributed by atoms with Crippen molar-refractivity contribution in [1.82, 2.24) is 0 Å². The summed E-state index contributed by atoms with van der Waals surface area (Å²) in [6, 6.07) is 14.5. The van der Waals surface area contributed by atoms with E-state index in [-0.39, 0.29) is 17.8 Å². The number of hydrogen-bond acceptors (Lipinski definition) is 5. The fraction of sp³-hybridized carbons (Fsp3) is 0.0909. The summed E-state index contributed by atoms with van der Waals surface area (Å²) in [5, 5.41) is 10.6. The molecule has 0 bridgehead atoms. The highest BCUT2D eigenvalue weighted by molar-refractivity contribution is 6.08. The molecule has 0 fully saturated rings. The van der Waals surface area contributed by atoms with Gasteiger partial charge in [-0.2, -0.15) is 0 Å². The Kier molecular flexibility index (Phi) is 4.33. The van der Waals surface area contributed by atoms with Crippen LogP contribution < -0.4 is 11.2 Å². The SMILES string of the molecule is CCOC(=O)c1ccc([NH3+])cc1-c1c2ccc(=O)cc-2oc2cc(O)ccc12. The minimum absolute atomic E-state index is 0.0383. The molecule has 140 valence electrons. The summed E-state index contributed by atoms with van der Waals surface area (Å²) in [4.78, 5) is 24.4. The second kappa shape index (κ2) is 6.83. The van der Waals surface area contributed by atoms with Crippen molar-refractivity contribution in [1.29, 1.82) is 0 Å². The van der Waals surface area contributed by atoms with Crippen LogP contribution in [0.25, 0.3) is 33.4 Å². The van der Waals surface area contributed by atoms with Crippen LogP contribution in [-0.2, 0) is 4.74 Å². The van der Waals surface area contributed by atoms with Gasteiger partial charge in [0.15, 0.2) is 5.43 Å². The fourth-order valence-corrected chi connectivity index (χ4v) is 3.33. The molecule has 2 aromatic rings. The van der Waals surface area contributed by atoms with E-state index in [1.807, 2.05) is 0 Å². The summed E-state index contributed by atoms with van der Waals surface area (Å²) < 4.78 is 11.1.